The molecule has 0 aliphatic rings. The monoisotopic (exact) mass is 444 g/mol. The molecule has 27 heavy (non-hydrogen) atoms. The first kappa shape index (κ1) is 17.6. The van der Waals surface area contributed by atoms with Crippen molar-refractivity contribution in [1.82, 2.24) is 0 Å². The summed E-state index contributed by atoms with van der Waals surface area (Å²) in [7, 11) is 0. The smallest absolute Gasteiger partial charge is 0.343 e. The Morgan fingerprint density at radius 3 is 2.56 bits per heavy atom. The highest BCUT2D eigenvalue weighted by molar-refractivity contribution is 9.10. The van der Waals surface area contributed by atoms with Crippen molar-refractivity contribution >= 4 is 44.5 Å². The predicted octanol–water partition coefficient (Wildman–Crippen LogP) is 5.69. The average Bonchev–Trinajstić information content (AvgIpc) is 3.10. The first-order valence-corrected chi connectivity index (χ1v) is 8.99. The molecule has 7 heteroatoms. The molecule has 2 aromatic carbocycles. The molecule has 4 rings (SSSR count). The number of benzene rings is 2. The van der Waals surface area contributed by atoms with Gasteiger partial charge in [0, 0.05) is 5.02 Å². The SMILES string of the molecule is O=C(Oc1c(-c2ccc(Br)o2)oc2ccccc2c1=O)c1cccc(Cl)c1. The molecule has 0 bridgehead atoms. The lowest BCUT2D eigenvalue weighted by Gasteiger charge is -2.09. The maximum Gasteiger partial charge on any atom is 0.343 e. The standard InChI is InChI=1S/C20H10BrClO5/c21-16-9-8-15(25-16)18-19(17(23)13-6-1-2-7-14(13)26-18)27-20(24)11-4-3-5-12(22)10-11/h1-10H. The van der Waals surface area contributed by atoms with Crippen LogP contribution in [0, 0.1) is 0 Å². The lowest BCUT2D eigenvalue weighted by molar-refractivity contribution is 0.0731. The Kier molecular flexibility index (Phi) is 4.59. The number of halogens is 2. The molecular formula is C20H10BrClO5. The van der Waals surface area contributed by atoms with Crippen molar-refractivity contribution in [2.75, 3.05) is 0 Å². The molecule has 134 valence electrons. The summed E-state index contributed by atoms with van der Waals surface area (Å²) in [5.41, 5.74) is 0.0870. The van der Waals surface area contributed by atoms with Gasteiger partial charge >= 0.3 is 5.97 Å². The fourth-order valence-electron chi connectivity index (χ4n) is 2.58. The highest BCUT2D eigenvalue weighted by Gasteiger charge is 2.23. The van der Waals surface area contributed by atoms with Crippen molar-refractivity contribution in [1.29, 1.82) is 0 Å². The zero-order valence-corrected chi connectivity index (χ0v) is 15.9. The van der Waals surface area contributed by atoms with Crippen LogP contribution < -0.4 is 10.2 Å². The summed E-state index contributed by atoms with van der Waals surface area (Å²) >= 11 is 9.13. The molecule has 0 aliphatic heterocycles. The molecule has 0 radical (unpaired) electrons. The molecular weight excluding hydrogens is 436 g/mol. The van der Waals surface area contributed by atoms with E-state index in [2.05, 4.69) is 15.9 Å². The molecule has 4 aromatic rings. The van der Waals surface area contributed by atoms with Crippen LogP contribution in [0.4, 0.5) is 0 Å². The number of fused-ring (bicyclic) bond motifs is 1. The van der Waals surface area contributed by atoms with E-state index in [9.17, 15) is 9.59 Å². The molecule has 0 fully saturated rings. The number of furan rings is 1. The molecule has 0 amide bonds. The molecule has 0 spiro atoms. The van der Waals surface area contributed by atoms with Crippen LogP contribution in [0.5, 0.6) is 5.75 Å². The summed E-state index contributed by atoms with van der Waals surface area (Å²) in [6.07, 6.45) is 0. The Balaban J connectivity index is 1.88. The first-order valence-electron chi connectivity index (χ1n) is 7.82. The molecule has 0 saturated carbocycles. The van der Waals surface area contributed by atoms with Crippen LogP contribution >= 0.6 is 27.5 Å². The maximum atomic E-state index is 12.9. The highest BCUT2D eigenvalue weighted by Crippen LogP contribution is 2.33. The van der Waals surface area contributed by atoms with E-state index in [1.807, 2.05) is 0 Å². The molecule has 0 aliphatic carbocycles. The number of carbonyl (C=O) groups excluding carboxylic acids is 1. The van der Waals surface area contributed by atoms with Crippen LogP contribution in [-0.4, -0.2) is 5.97 Å². The molecule has 2 aromatic heterocycles. The van der Waals surface area contributed by atoms with Gasteiger partial charge in [0.25, 0.3) is 0 Å². The number of rotatable bonds is 3. The van der Waals surface area contributed by atoms with E-state index in [4.69, 9.17) is 25.2 Å². The quantitative estimate of drug-likeness (QED) is 0.379. The van der Waals surface area contributed by atoms with Gasteiger partial charge in [0.15, 0.2) is 10.4 Å². The molecule has 0 N–H and O–H groups in total. The van der Waals surface area contributed by atoms with E-state index in [-0.39, 0.29) is 22.8 Å². The fraction of sp³-hybridized carbons (Fsp3) is 0. The summed E-state index contributed by atoms with van der Waals surface area (Å²) in [6.45, 7) is 0. The zero-order valence-electron chi connectivity index (χ0n) is 13.6. The average molecular weight is 446 g/mol. The number of hydrogen-bond donors (Lipinski definition) is 0. The van der Waals surface area contributed by atoms with Crippen molar-refractivity contribution in [2.45, 2.75) is 0 Å². The number of esters is 1. The Labute approximate surface area is 166 Å². The van der Waals surface area contributed by atoms with Gasteiger partial charge in [-0.05, 0) is 58.4 Å². The zero-order chi connectivity index (χ0) is 19.0. The lowest BCUT2D eigenvalue weighted by Crippen LogP contribution is -2.16. The van der Waals surface area contributed by atoms with Gasteiger partial charge in [-0.15, -0.1) is 0 Å². The minimum Gasteiger partial charge on any atom is -0.449 e. The topological polar surface area (TPSA) is 69.7 Å². The van der Waals surface area contributed by atoms with Gasteiger partial charge < -0.3 is 13.6 Å². The van der Waals surface area contributed by atoms with Crippen LogP contribution in [0.2, 0.25) is 5.02 Å². The molecule has 2 heterocycles. The van der Waals surface area contributed by atoms with Crippen molar-refractivity contribution in [2.24, 2.45) is 0 Å². The van der Waals surface area contributed by atoms with Crippen LogP contribution in [0.25, 0.3) is 22.5 Å². The summed E-state index contributed by atoms with van der Waals surface area (Å²) in [4.78, 5) is 25.5. The predicted molar refractivity (Wildman–Crippen MR) is 104 cm³/mol. The molecule has 5 nitrogen and oxygen atoms in total. The summed E-state index contributed by atoms with van der Waals surface area (Å²) < 4.78 is 17.2. The highest BCUT2D eigenvalue weighted by atomic mass is 79.9. The lowest BCUT2D eigenvalue weighted by atomic mass is 10.2. The van der Waals surface area contributed by atoms with Gasteiger partial charge in [-0.2, -0.15) is 0 Å². The van der Waals surface area contributed by atoms with Gasteiger partial charge in [0.05, 0.1) is 10.9 Å². The van der Waals surface area contributed by atoms with Gasteiger partial charge in [0.1, 0.15) is 5.58 Å². The van der Waals surface area contributed by atoms with Crippen LogP contribution in [-0.2, 0) is 0 Å². The largest absolute Gasteiger partial charge is 0.449 e. The van der Waals surface area contributed by atoms with E-state index in [1.54, 1.807) is 54.6 Å². The Morgan fingerprint density at radius 1 is 1.00 bits per heavy atom. The third kappa shape index (κ3) is 3.41. The van der Waals surface area contributed by atoms with Crippen molar-refractivity contribution in [3.8, 4) is 17.3 Å². The minimum atomic E-state index is -0.730. The van der Waals surface area contributed by atoms with Crippen molar-refractivity contribution in [3.63, 3.8) is 0 Å². The number of hydrogen-bond acceptors (Lipinski definition) is 5. The molecule has 0 unspecified atom stereocenters. The summed E-state index contributed by atoms with van der Waals surface area (Å²) in [6, 6.07) is 16.2. The maximum absolute atomic E-state index is 12.9. The van der Waals surface area contributed by atoms with E-state index in [0.29, 0.717) is 20.7 Å². The number of carbonyl (C=O) groups is 1. The van der Waals surface area contributed by atoms with Gasteiger partial charge in [0.2, 0.25) is 16.9 Å². The van der Waals surface area contributed by atoms with E-state index in [1.165, 1.54) is 6.07 Å². The molecule has 0 saturated heterocycles. The van der Waals surface area contributed by atoms with E-state index < -0.39 is 11.4 Å². The van der Waals surface area contributed by atoms with Crippen LogP contribution in [0.1, 0.15) is 10.4 Å². The summed E-state index contributed by atoms with van der Waals surface area (Å²) in [5.74, 6) is -0.703. The molecule has 0 atom stereocenters. The first-order chi connectivity index (χ1) is 13.0. The minimum absolute atomic E-state index is 0.0276. The number of ether oxygens (including phenoxy) is 1. The van der Waals surface area contributed by atoms with E-state index in [0.717, 1.165) is 0 Å². The van der Waals surface area contributed by atoms with Crippen LogP contribution in [0.15, 0.2) is 79.0 Å². The second-order valence-electron chi connectivity index (χ2n) is 5.59. The van der Waals surface area contributed by atoms with Crippen molar-refractivity contribution < 1.29 is 18.4 Å². The van der Waals surface area contributed by atoms with Crippen molar-refractivity contribution in [3.05, 3.63) is 86.1 Å². The number of para-hydroxylation sites is 1. The fourth-order valence-corrected chi connectivity index (χ4v) is 3.08. The van der Waals surface area contributed by atoms with Gasteiger partial charge in [-0.3, -0.25) is 4.79 Å². The Morgan fingerprint density at radius 2 is 1.81 bits per heavy atom. The van der Waals surface area contributed by atoms with Crippen LogP contribution in [0.3, 0.4) is 0 Å². The Hall–Kier alpha value is -2.83. The normalized spacial score (nSPS) is 10.9. The van der Waals surface area contributed by atoms with E-state index >= 15 is 0 Å². The second-order valence-corrected chi connectivity index (χ2v) is 6.81. The Bertz CT molecular complexity index is 1220. The third-order valence-corrected chi connectivity index (χ3v) is 4.47. The summed E-state index contributed by atoms with van der Waals surface area (Å²) in [5, 5.41) is 0.672. The third-order valence-electron chi connectivity index (χ3n) is 3.81. The van der Waals surface area contributed by atoms with Gasteiger partial charge in [-0.1, -0.05) is 29.8 Å². The van der Waals surface area contributed by atoms with Gasteiger partial charge in [-0.25, -0.2) is 4.79 Å². The second kappa shape index (κ2) is 7.06.